The SMILES string of the molecule is Cc1ccc(CC(CSc2cccc(F)c2)NN)c(Cl)c1. The molecule has 0 saturated heterocycles. The van der Waals surface area contributed by atoms with E-state index in [-0.39, 0.29) is 11.9 Å². The minimum atomic E-state index is -0.223. The van der Waals surface area contributed by atoms with Crippen LogP contribution in [0.2, 0.25) is 5.02 Å². The van der Waals surface area contributed by atoms with Gasteiger partial charge >= 0.3 is 0 Å². The van der Waals surface area contributed by atoms with Crippen molar-refractivity contribution < 1.29 is 4.39 Å². The molecule has 0 aliphatic carbocycles. The third-order valence-electron chi connectivity index (χ3n) is 3.16. The van der Waals surface area contributed by atoms with Gasteiger partial charge in [0.2, 0.25) is 0 Å². The van der Waals surface area contributed by atoms with Crippen molar-refractivity contribution in [3.05, 3.63) is 64.4 Å². The summed E-state index contributed by atoms with van der Waals surface area (Å²) in [4.78, 5) is 0.894. The van der Waals surface area contributed by atoms with E-state index < -0.39 is 0 Å². The summed E-state index contributed by atoms with van der Waals surface area (Å²) in [5.41, 5.74) is 5.00. The van der Waals surface area contributed by atoms with Crippen molar-refractivity contribution in [1.82, 2.24) is 5.43 Å². The van der Waals surface area contributed by atoms with Gasteiger partial charge in [0.05, 0.1) is 0 Å². The summed E-state index contributed by atoms with van der Waals surface area (Å²) in [5.74, 6) is 6.13. The van der Waals surface area contributed by atoms with E-state index in [0.717, 1.165) is 33.2 Å². The maximum absolute atomic E-state index is 13.1. The van der Waals surface area contributed by atoms with Crippen LogP contribution in [0.5, 0.6) is 0 Å². The molecule has 0 spiro atoms. The molecule has 0 amide bonds. The molecule has 0 aliphatic heterocycles. The molecule has 5 heteroatoms. The molecule has 0 heterocycles. The summed E-state index contributed by atoms with van der Waals surface area (Å²) in [5, 5.41) is 0.756. The van der Waals surface area contributed by atoms with Gasteiger partial charge in [0.1, 0.15) is 5.82 Å². The number of hydrogen-bond donors (Lipinski definition) is 2. The number of nitrogens with one attached hydrogen (secondary N) is 1. The number of hydrazine groups is 1. The van der Waals surface area contributed by atoms with Gasteiger partial charge in [0.25, 0.3) is 0 Å². The van der Waals surface area contributed by atoms with Crippen LogP contribution in [0.15, 0.2) is 47.4 Å². The first-order valence-electron chi connectivity index (χ1n) is 6.68. The number of nitrogens with two attached hydrogens (primary N) is 1. The first-order chi connectivity index (χ1) is 10.1. The van der Waals surface area contributed by atoms with Gasteiger partial charge in [-0.25, -0.2) is 4.39 Å². The topological polar surface area (TPSA) is 38.0 Å². The number of benzene rings is 2. The Morgan fingerprint density at radius 3 is 2.76 bits per heavy atom. The molecule has 2 rings (SSSR count). The van der Waals surface area contributed by atoms with Gasteiger partial charge in [0, 0.05) is 21.7 Å². The van der Waals surface area contributed by atoms with Crippen LogP contribution < -0.4 is 11.3 Å². The van der Waals surface area contributed by atoms with Crippen LogP contribution in [-0.2, 0) is 6.42 Å². The van der Waals surface area contributed by atoms with Gasteiger partial charge in [0.15, 0.2) is 0 Å². The lowest BCUT2D eigenvalue weighted by molar-refractivity contribution is 0.575. The first kappa shape index (κ1) is 16.3. The van der Waals surface area contributed by atoms with Crippen molar-refractivity contribution in [3.8, 4) is 0 Å². The van der Waals surface area contributed by atoms with E-state index in [1.54, 1.807) is 17.8 Å². The van der Waals surface area contributed by atoms with Gasteiger partial charge in [-0.3, -0.25) is 11.3 Å². The highest BCUT2D eigenvalue weighted by Crippen LogP contribution is 2.23. The van der Waals surface area contributed by atoms with E-state index in [9.17, 15) is 4.39 Å². The fourth-order valence-corrected chi connectivity index (χ4v) is 3.29. The van der Waals surface area contributed by atoms with Crippen LogP contribution in [0.4, 0.5) is 4.39 Å². The molecule has 1 atom stereocenters. The molecule has 21 heavy (non-hydrogen) atoms. The van der Waals surface area contributed by atoms with E-state index in [1.807, 2.05) is 31.2 Å². The molecule has 0 aliphatic rings. The van der Waals surface area contributed by atoms with Crippen LogP contribution in [0.3, 0.4) is 0 Å². The monoisotopic (exact) mass is 324 g/mol. The van der Waals surface area contributed by atoms with E-state index >= 15 is 0 Å². The molecule has 112 valence electrons. The van der Waals surface area contributed by atoms with Gasteiger partial charge in [-0.1, -0.05) is 29.8 Å². The molecule has 0 radical (unpaired) electrons. The zero-order chi connectivity index (χ0) is 15.2. The smallest absolute Gasteiger partial charge is 0.124 e. The number of halogens is 2. The lowest BCUT2D eigenvalue weighted by atomic mass is 10.1. The second kappa shape index (κ2) is 7.80. The van der Waals surface area contributed by atoms with Crippen LogP contribution in [0.1, 0.15) is 11.1 Å². The Hall–Kier alpha value is -1.07. The van der Waals surface area contributed by atoms with Crippen LogP contribution in [-0.4, -0.2) is 11.8 Å². The van der Waals surface area contributed by atoms with E-state index in [1.165, 1.54) is 12.1 Å². The van der Waals surface area contributed by atoms with Gasteiger partial charge in [-0.15, -0.1) is 11.8 Å². The fourth-order valence-electron chi connectivity index (χ4n) is 2.00. The van der Waals surface area contributed by atoms with Gasteiger partial charge in [-0.2, -0.15) is 0 Å². The summed E-state index contributed by atoms with van der Waals surface area (Å²) < 4.78 is 13.1. The molecule has 2 aromatic carbocycles. The van der Waals surface area contributed by atoms with Gasteiger partial charge < -0.3 is 0 Å². The quantitative estimate of drug-likeness (QED) is 0.480. The minimum Gasteiger partial charge on any atom is -0.271 e. The van der Waals surface area contributed by atoms with Crippen molar-refractivity contribution in [3.63, 3.8) is 0 Å². The predicted molar refractivity (Wildman–Crippen MR) is 88.1 cm³/mol. The number of aryl methyl sites for hydroxylation is 1. The highest BCUT2D eigenvalue weighted by Gasteiger charge is 2.11. The van der Waals surface area contributed by atoms with Crippen LogP contribution in [0, 0.1) is 12.7 Å². The van der Waals surface area contributed by atoms with E-state index in [2.05, 4.69) is 5.43 Å². The molecule has 0 bridgehead atoms. The van der Waals surface area contributed by atoms with Crippen LogP contribution in [0.25, 0.3) is 0 Å². The third-order valence-corrected chi connectivity index (χ3v) is 4.67. The van der Waals surface area contributed by atoms with Crippen molar-refractivity contribution >= 4 is 23.4 Å². The zero-order valence-electron chi connectivity index (χ0n) is 11.8. The molecule has 0 saturated carbocycles. The third kappa shape index (κ3) is 5.00. The summed E-state index contributed by atoms with van der Waals surface area (Å²) >= 11 is 7.81. The molecular weight excluding hydrogens is 307 g/mol. The Kier molecular flexibility index (Phi) is 6.06. The van der Waals surface area contributed by atoms with E-state index in [0.29, 0.717) is 0 Å². The average molecular weight is 325 g/mol. The predicted octanol–water partition coefficient (Wildman–Crippen LogP) is 3.95. The fraction of sp³-hybridized carbons (Fsp3) is 0.250. The maximum atomic E-state index is 13.1. The van der Waals surface area contributed by atoms with Crippen LogP contribution >= 0.6 is 23.4 Å². The molecule has 0 fully saturated rings. The lowest BCUT2D eigenvalue weighted by Gasteiger charge is -2.16. The normalized spacial score (nSPS) is 12.4. The summed E-state index contributed by atoms with van der Waals surface area (Å²) in [6, 6.07) is 12.6. The second-order valence-corrected chi connectivity index (χ2v) is 6.43. The Balaban J connectivity index is 1.97. The van der Waals surface area contributed by atoms with Crippen molar-refractivity contribution in [1.29, 1.82) is 0 Å². The molecule has 3 N–H and O–H groups in total. The Bertz CT molecular complexity index is 607. The zero-order valence-corrected chi connectivity index (χ0v) is 13.3. The largest absolute Gasteiger partial charge is 0.271 e. The van der Waals surface area contributed by atoms with Crippen molar-refractivity contribution in [2.75, 3.05) is 5.75 Å². The number of thioether (sulfide) groups is 1. The molecule has 0 aromatic heterocycles. The van der Waals surface area contributed by atoms with Crippen molar-refractivity contribution in [2.45, 2.75) is 24.3 Å². The number of hydrogen-bond acceptors (Lipinski definition) is 3. The number of rotatable bonds is 6. The highest BCUT2D eigenvalue weighted by molar-refractivity contribution is 7.99. The Labute approximate surface area is 133 Å². The Morgan fingerprint density at radius 2 is 2.10 bits per heavy atom. The summed E-state index contributed by atoms with van der Waals surface area (Å²) in [6.07, 6.45) is 0.734. The maximum Gasteiger partial charge on any atom is 0.124 e. The second-order valence-electron chi connectivity index (χ2n) is 4.93. The van der Waals surface area contributed by atoms with Gasteiger partial charge in [-0.05, 0) is 48.7 Å². The highest BCUT2D eigenvalue weighted by atomic mass is 35.5. The molecule has 1 unspecified atom stereocenters. The summed E-state index contributed by atoms with van der Waals surface area (Å²) in [7, 11) is 0. The van der Waals surface area contributed by atoms with Crippen molar-refractivity contribution in [2.24, 2.45) is 5.84 Å². The first-order valence-corrected chi connectivity index (χ1v) is 8.04. The van der Waals surface area contributed by atoms with E-state index in [4.69, 9.17) is 17.4 Å². The standard InChI is InChI=1S/C16H18ClFN2S/c1-11-5-6-12(16(17)7-11)8-14(20-19)10-21-15-4-2-3-13(18)9-15/h2-7,9,14,20H,8,10,19H2,1H3. The Morgan fingerprint density at radius 1 is 1.29 bits per heavy atom. The molecule has 2 aromatic rings. The minimum absolute atomic E-state index is 0.0680. The molecule has 2 nitrogen and oxygen atoms in total. The average Bonchev–Trinajstić information content (AvgIpc) is 2.45. The summed E-state index contributed by atoms with van der Waals surface area (Å²) in [6.45, 7) is 2.01. The lowest BCUT2D eigenvalue weighted by Crippen LogP contribution is -2.38. The molecular formula is C16H18ClFN2S.